The fraction of sp³-hybridized carbons (Fsp3) is 0.571. The fourth-order valence-electron chi connectivity index (χ4n) is 2.89. The summed E-state index contributed by atoms with van der Waals surface area (Å²) < 4.78 is 7.41. The Hall–Kier alpha value is -1.50. The number of ether oxygens (including phenoxy) is 1. The van der Waals surface area contributed by atoms with E-state index < -0.39 is 0 Å². The molecule has 2 N–H and O–H groups in total. The Balaban J connectivity index is 1.73. The number of nitrogens with zero attached hydrogens (tertiary/aromatic N) is 4. The average Bonchev–Trinajstić information content (AvgIpc) is 2.90. The second-order valence-corrected chi connectivity index (χ2v) is 5.30. The van der Waals surface area contributed by atoms with Crippen molar-refractivity contribution >= 4 is 5.78 Å². The lowest BCUT2D eigenvalue weighted by Gasteiger charge is -2.38. The van der Waals surface area contributed by atoms with Gasteiger partial charge in [-0.1, -0.05) is 0 Å². The number of fused-ring (bicyclic) bond motifs is 1. The molecule has 0 saturated carbocycles. The second-order valence-electron chi connectivity index (χ2n) is 5.30. The molecule has 20 heavy (non-hydrogen) atoms. The number of hydrogen-bond donors (Lipinski definition) is 1. The van der Waals surface area contributed by atoms with Gasteiger partial charge in [-0.05, 0) is 18.9 Å². The molecule has 0 aliphatic carbocycles. The molecule has 0 spiro atoms. The first-order chi connectivity index (χ1) is 9.80. The molecule has 0 amide bonds. The van der Waals surface area contributed by atoms with E-state index in [1.807, 2.05) is 22.9 Å². The number of likely N-dealkylation sites (tertiary alicyclic amines) is 1. The summed E-state index contributed by atoms with van der Waals surface area (Å²) in [7, 11) is 1.78. The molecule has 2 atom stereocenters. The minimum absolute atomic E-state index is 0.336. The van der Waals surface area contributed by atoms with E-state index in [2.05, 4.69) is 14.9 Å². The third kappa shape index (κ3) is 2.67. The van der Waals surface area contributed by atoms with Crippen molar-refractivity contribution in [1.82, 2.24) is 19.3 Å². The summed E-state index contributed by atoms with van der Waals surface area (Å²) in [6.45, 7) is 2.48. The Morgan fingerprint density at radius 3 is 3.15 bits per heavy atom. The van der Waals surface area contributed by atoms with E-state index >= 15 is 0 Å². The zero-order valence-corrected chi connectivity index (χ0v) is 11.8. The van der Waals surface area contributed by atoms with Crippen LogP contribution in [-0.4, -0.2) is 51.6 Å². The zero-order chi connectivity index (χ0) is 13.9. The molecule has 1 aliphatic heterocycles. The topological polar surface area (TPSA) is 68.7 Å². The van der Waals surface area contributed by atoms with Crippen molar-refractivity contribution in [1.29, 1.82) is 0 Å². The molecule has 1 saturated heterocycles. The maximum absolute atomic E-state index is 5.90. The summed E-state index contributed by atoms with van der Waals surface area (Å²) in [6.07, 6.45) is 8.16. The van der Waals surface area contributed by atoms with Crippen LogP contribution in [0, 0.1) is 0 Å². The summed E-state index contributed by atoms with van der Waals surface area (Å²) in [5, 5.41) is 0. The Morgan fingerprint density at radius 1 is 1.50 bits per heavy atom. The van der Waals surface area contributed by atoms with Crippen molar-refractivity contribution < 1.29 is 4.74 Å². The molecule has 3 heterocycles. The van der Waals surface area contributed by atoms with Crippen LogP contribution in [0.5, 0.6) is 0 Å². The van der Waals surface area contributed by atoms with Gasteiger partial charge in [0.1, 0.15) is 0 Å². The summed E-state index contributed by atoms with van der Waals surface area (Å²) in [6, 6.07) is 2.28. The normalized spacial score (nSPS) is 24.3. The fourth-order valence-corrected chi connectivity index (χ4v) is 2.89. The van der Waals surface area contributed by atoms with Gasteiger partial charge >= 0.3 is 0 Å². The highest BCUT2D eigenvalue weighted by atomic mass is 16.5. The Morgan fingerprint density at radius 2 is 2.40 bits per heavy atom. The summed E-state index contributed by atoms with van der Waals surface area (Å²) >= 11 is 0. The Bertz CT molecular complexity index is 536. The maximum atomic E-state index is 5.90. The molecular weight excluding hydrogens is 254 g/mol. The molecule has 0 aromatic carbocycles. The number of piperidine rings is 1. The molecule has 1 fully saturated rings. The van der Waals surface area contributed by atoms with E-state index in [1.165, 1.54) is 0 Å². The van der Waals surface area contributed by atoms with Crippen LogP contribution in [0.3, 0.4) is 0 Å². The number of aromatic nitrogens is 3. The van der Waals surface area contributed by atoms with Crippen LogP contribution >= 0.6 is 0 Å². The number of nitrogens with two attached hydrogens (primary N) is 1. The van der Waals surface area contributed by atoms with Gasteiger partial charge in [0.05, 0.1) is 11.8 Å². The second kappa shape index (κ2) is 5.87. The first-order valence-electron chi connectivity index (χ1n) is 7.05. The van der Waals surface area contributed by atoms with Gasteiger partial charge in [-0.2, -0.15) is 0 Å². The third-order valence-corrected chi connectivity index (χ3v) is 4.05. The van der Waals surface area contributed by atoms with E-state index in [0.717, 1.165) is 37.4 Å². The maximum Gasteiger partial charge on any atom is 0.233 e. The highest BCUT2D eigenvalue weighted by Gasteiger charge is 2.27. The van der Waals surface area contributed by atoms with E-state index in [9.17, 15) is 0 Å². The standard InChI is InChI=1S/C14H21N5O/c1-20-13-3-6-18(12(7-13)8-15)9-11-10-19-5-2-4-16-14(19)17-11/h2,4-5,10,12-13H,3,6-9,15H2,1H3. The van der Waals surface area contributed by atoms with Gasteiger partial charge in [0.15, 0.2) is 0 Å². The van der Waals surface area contributed by atoms with Gasteiger partial charge < -0.3 is 10.5 Å². The van der Waals surface area contributed by atoms with Gasteiger partial charge in [0.2, 0.25) is 5.78 Å². The van der Waals surface area contributed by atoms with E-state index in [0.29, 0.717) is 18.7 Å². The van der Waals surface area contributed by atoms with Gasteiger partial charge in [0.25, 0.3) is 0 Å². The lowest BCUT2D eigenvalue weighted by molar-refractivity contribution is 0.00983. The van der Waals surface area contributed by atoms with E-state index in [1.54, 1.807) is 13.3 Å². The molecule has 1 aliphatic rings. The van der Waals surface area contributed by atoms with Crippen LogP contribution in [0.25, 0.3) is 5.78 Å². The average molecular weight is 275 g/mol. The largest absolute Gasteiger partial charge is 0.381 e. The Kier molecular flexibility index (Phi) is 3.95. The lowest BCUT2D eigenvalue weighted by atomic mass is 9.99. The van der Waals surface area contributed by atoms with Crippen molar-refractivity contribution in [2.45, 2.75) is 31.5 Å². The highest BCUT2D eigenvalue weighted by molar-refractivity contribution is 5.29. The molecular formula is C14H21N5O. The minimum Gasteiger partial charge on any atom is -0.381 e. The van der Waals surface area contributed by atoms with Crippen LogP contribution < -0.4 is 5.73 Å². The molecule has 6 nitrogen and oxygen atoms in total. The van der Waals surface area contributed by atoms with Crippen molar-refractivity contribution in [2.24, 2.45) is 5.73 Å². The van der Waals surface area contributed by atoms with Crippen molar-refractivity contribution in [3.8, 4) is 0 Å². The summed E-state index contributed by atoms with van der Waals surface area (Å²) in [5.41, 5.74) is 6.94. The van der Waals surface area contributed by atoms with Gasteiger partial charge in [-0.3, -0.25) is 9.30 Å². The number of hydrogen-bond acceptors (Lipinski definition) is 5. The number of imidazole rings is 1. The molecule has 2 aromatic heterocycles. The highest BCUT2D eigenvalue weighted by Crippen LogP contribution is 2.21. The number of methoxy groups -OCH3 is 1. The first-order valence-corrected chi connectivity index (χ1v) is 7.05. The van der Waals surface area contributed by atoms with Crippen molar-refractivity contribution in [3.05, 3.63) is 30.4 Å². The molecule has 0 bridgehead atoms. The lowest BCUT2D eigenvalue weighted by Crippen LogP contribution is -2.48. The molecule has 2 unspecified atom stereocenters. The molecule has 2 aromatic rings. The van der Waals surface area contributed by atoms with Crippen LogP contribution in [-0.2, 0) is 11.3 Å². The molecule has 6 heteroatoms. The quantitative estimate of drug-likeness (QED) is 0.888. The van der Waals surface area contributed by atoms with Crippen LogP contribution in [0.15, 0.2) is 24.7 Å². The SMILES string of the molecule is COC1CCN(Cc2cn3cccnc3n2)C(CN)C1. The minimum atomic E-state index is 0.336. The summed E-state index contributed by atoms with van der Waals surface area (Å²) in [5.74, 6) is 0.749. The molecule has 0 radical (unpaired) electrons. The predicted octanol–water partition coefficient (Wildman–Crippen LogP) is 0.667. The van der Waals surface area contributed by atoms with Gasteiger partial charge in [0, 0.05) is 51.4 Å². The third-order valence-electron chi connectivity index (χ3n) is 4.05. The van der Waals surface area contributed by atoms with Gasteiger partial charge in [-0.15, -0.1) is 0 Å². The molecule has 108 valence electrons. The van der Waals surface area contributed by atoms with Crippen LogP contribution in [0.2, 0.25) is 0 Å². The van der Waals surface area contributed by atoms with Gasteiger partial charge in [-0.25, -0.2) is 9.97 Å². The Labute approximate surface area is 118 Å². The van der Waals surface area contributed by atoms with E-state index in [-0.39, 0.29) is 0 Å². The van der Waals surface area contributed by atoms with Crippen molar-refractivity contribution in [3.63, 3.8) is 0 Å². The summed E-state index contributed by atoms with van der Waals surface area (Å²) in [4.78, 5) is 11.2. The van der Waals surface area contributed by atoms with E-state index in [4.69, 9.17) is 10.5 Å². The monoisotopic (exact) mass is 275 g/mol. The smallest absolute Gasteiger partial charge is 0.233 e. The first kappa shape index (κ1) is 13.5. The molecule has 3 rings (SSSR count). The zero-order valence-electron chi connectivity index (χ0n) is 11.8. The van der Waals surface area contributed by atoms with Crippen molar-refractivity contribution in [2.75, 3.05) is 20.2 Å². The number of rotatable bonds is 4. The van der Waals surface area contributed by atoms with Crippen LogP contribution in [0.1, 0.15) is 18.5 Å². The van der Waals surface area contributed by atoms with Crippen LogP contribution in [0.4, 0.5) is 0 Å². The predicted molar refractivity (Wildman–Crippen MR) is 76.3 cm³/mol.